The Kier molecular flexibility index (Phi) is 6.75. The molecule has 0 atom stereocenters. The van der Waals surface area contributed by atoms with E-state index in [-0.39, 0.29) is 18.4 Å². The van der Waals surface area contributed by atoms with Crippen LogP contribution in [0.15, 0.2) is 66.7 Å². The number of piperazine rings is 1. The van der Waals surface area contributed by atoms with Gasteiger partial charge in [-0.3, -0.25) is 19.4 Å². The van der Waals surface area contributed by atoms with E-state index in [1.165, 1.54) is 10.5 Å². The predicted octanol–water partition coefficient (Wildman–Crippen LogP) is 4.86. The number of halogens is 1. The molecule has 35 heavy (non-hydrogen) atoms. The van der Waals surface area contributed by atoms with Gasteiger partial charge in [0.2, 0.25) is 0 Å². The van der Waals surface area contributed by atoms with E-state index in [4.69, 9.17) is 16.3 Å². The lowest BCUT2D eigenvalue weighted by atomic mass is 10.1. The molecule has 0 aliphatic carbocycles. The van der Waals surface area contributed by atoms with E-state index in [2.05, 4.69) is 21.9 Å². The Balaban J connectivity index is 1.27. The minimum Gasteiger partial charge on any atom is -0.494 e. The summed E-state index contributed by atoms with van der Waals surface area (Å²) in [4.78, 5) is 32.4. The predicted molar refractivity (Wildman–Crippen MR) is 137 cm³/mol. The molecule has 0 aromatic heterocycles. The summed E-state index contributed by atoms with van der Waals surface area (Å²) < 4.78 is 5.53. The maximum atomic E-state index is 13.4. The zero-order valence-corrected chi connectivity index (χ0v) is 20.5. The number of hydrogen-bond donors (Lipinski definition) is 0. The van der Waals surface area contributed by atoms with Crippen LogP contribution in [0.2, 0.25) is 5.02 Å². The van der Waals surface area contributed by atoms with E-state index in [1.807, 2.05) is 49.4 Å². The van der Waals surface area contributed by atoms with E-state index in [9.17, 15) is 9.59 Å². The van der Waals surface area contributed by atoms with Crippen LogP contribution in [0.3, 0.4) is 0 Å². The summed E-state index contributed by atoms with van der Waals surface area (Å²) in [5, 5.41) is 0.549. The first kappa shape index (κ1) is 23.4. The smallest absolute Gasteiger partial charge is 0.263 e. The third-order valence-electron chi connectivity index (χ3n) is 6.62. The third-order valence-corrected chi connectivity index (χ3v) is 6.99. The monoisotopic (exact) mass is 489 g/mol. The summed E-state index contributed by atoms with van der Waals surface area (Å²) >= 11 is 6.29. The van der Waals surface area contributed by atoms with Crippen molar-refractivity contribution < 1.29 is 14.3 Å². The zero-order chi connectivity index (χ0) is 24.4. The second-order valence-corrected chi connectivity index (χ2v) is 9.23. The zero-order valence-electron chi connectivity index (χ0n) is 19.7. The fourth-order valence-electron chi connectivity index (χ4n) is 4.78. The molecule has 0 spiro atoms. The van der Waals surface area contributed by atoms with Gasteiger partial charge in [0, 0.05) is 37.7 Å². The fourth-order valence-corrected chi connectivity index (χ4v) is 4.98. The summed E-state index contributed by atoms with van der Waals surface area (Å²) in [7, 11) is 0. The van der Waals surface area contributed by atoms with Crippen LogP contribution in [-0.2, 0) is 13.1 Å². The van der Waals surface area contributed by atoms with Crippen LogP contribution in [0, 0.1) is 0 Å². The topological polar surface area (TPSA) is 53.1 Å². The van der Waals surface area contributed by atoms with E-state index in [0.717, 1.165) is 49.7 Å². The average Bonchev–Trinajstić information content (AvgIpc) is 3.12. The number of ether oxygens (including phenoxy) is 1. The van der Waals surface area contributed by atoms with Gasteiger partial charge in [0.25, 0.3) is 11.8 Å². The van der Waals surface area contributed by atoms with Gasteiger partial charge in [-0.2, -0.15) is 0 Å². The van der Waals surface area contributed by atoms with Crippen LogP contribution in [0.25, 0.3) is 0 Å². The van der Waals surface area contributed by atoms with Crippen molar-refractivity contribution in [3.05, 3.63) is 94.0 Å². The average molecular weight is 490 g/mol. The number of fused-ring (bicyclic) bond motifs is 1. The molecule has 1 saturated heterocycles. The highest BCUT2D eigenvalue weighted by Crippen LogP contribution is 2.34. The molecule has 1 fully saturated rings. The van der Waals surface area contributed by atoms with Crippen LogP contribution >= 0.6 is 11.6 Å². The number of anilines is 1. The Morgan fingerprint density at radius 1 is 0.829 bits per heavy atom. The number of carbonyl (C=O) groups is 2. The Hall–Kier alpha value is -3.35. The first-order valence-corrected chi connectivity index (χ1v) is 12.3. The lowest BCUT2D eigenvalue weighted by molar-refractivity contribution is 0.0642. The molecule has 2 amide bonds. The van der Waals surface area contributed by atoms with Crippen LogP contribution in [0.4, 0.5) is 5.69 Å². The third kappa shape index (κ3) is 4.77. The Labute approximate surface area is 210 Å². The Morgan fingerprint density at radius 3 is 2.29 bits per heavy atom. The molecule has 2 aliphatic rings. The SMILES string of the molecule is CCOc1ccc(CN2CCN(c3cccc4c3C(=O)N(Cc3ccccc3Cl)C4=O)CC2)cc1. The van der Waals surface area contributed by atoms with Gasteiger partial charge < -0.3 is 9.64 Å². The number of carbonyl (C=O) groups excluding carboxylic acids is 2. The minimum absolute atomic E-state index is 0.168. The molecule has 0 saturated carbocycles. The number of benzene rings is 3. The molecule has 0 unspecified atom stereocenters. The van der Waals surface area contributed by atoms with Crippen molar-refractivity contribution in [2.75, 3.05) is 37.7 Å². The highest BCUT2D eigenvalue weighted by Gasteiger charge is 2.39. The molecule has 3 aromatic carbocycles. The van der Waals surface area contributed by atoms with E-state index < -0.39 is 0 Å². The minimum atomic E-state index is -0.263. The maximum absolute atomic E-state index is 13.4. The molecule has 180 valence electrons. The van der Waals surface area contributed by atoms with Gasteiger partial charge >= 0.3 is 0 Å². The first-order chi connectivity index (χ1) is 17.0. The summed E-state index contributed by atoms with van der Waals surface area (Å²) in [5.41, 5.74) is 3.82. The van der Waals surface area contributed by atoms with Crippen LogP contribution in [0.1, 0.15) is 38.8 Å². The molecule has 0 N–H and O–H groups in total. The molecular weight excluding hydrogens is 462 g/mol. The van der Waals surface area contributed by atoms with Gasteiger partial charge in [0.05, 0.1) is 30.0 Å². The number of amides is 2. The molecule has 7 heteroatoms. The normalized spacial score (nSPS) is 16.1. The second-order valence-electron chi connectivity index (χ2n) is 8.83. The summed E-state index contributed by atoms with van der Waals surface area (Å²) in [6.07, 6.45) is 0. The largest absolute Gasteiger partial charge is 0.494 e. The second kappa shape index (κ2) is 10.1. The van der Waals surface area contributed by atoms with E-state index in [0.29, 0.717) is 22.8 Å². The number of rotatable bonds is 7. The standard InChI is InChI=1S/C28H28ClN3O3/c1-2-35-22-12-10-20(11-13-22)18-30-14-16-31(17-15-30)25-9-5-7-23-26(25)28(34)32(27(23)33)19-21-6-3-4-8-24(21)29/h3-13H,2,14-19H2,1H3. The molecule has 6 nitrogen and oxygen atoms in total. The van der Waals surface area contributed by atoms with Crippen LogP contribution in [-0.4, -0.2) is 54.4 Å². The van der Waals surface area contributed by atoms with Crippen molar-refractivity contribution >= 4 is 29.1 Å². The maximum Gasteiger partial charge on any atom is 0.263 e. The molecular formula is C28H28ClN3O3. The molecule has 3 aromatic rings. The summed E-state index contributed by atoms with van der Waals surface area (Å²) in [5.74, 6) is 0.375. The Morgan fingerprint density at radius 2 is 1.57 bits per heavy atom. The van der Waals surface area contributed by atoms with Gasteiger partial charge in [-0.05, 0) is 48.4 Å². The quantitative estimate of drug-likeness (QED) is 0.444. The van der Waals surface area contributed by atoms with Gasteiger partial charge in [-0.25, -0.2) is 0 Å². The van der Waals surface area contributed by atoms with Crippen molar-refractivity contribution in [2.24, 2.45) is 0 Å². The van der Waals surface area contributed by atoms with E-state index >= 15 is 0 Å². The number of hydrogen-bond acceptors (Lipinski definition) is 5. The van der Waals surface area contributed by atoms with E-state index in [1.54, 1.807) is 12.1 Å². The molecule has 0 radical (unpaired) electrons. The van der Waals surface area contributed by atoms with Gasteiger partial charge in [-0.15, -0.1) is 0 Å². The Bertz CT molecular complexity index is 1240. The number of imide groups is 1. The van der Waals surface area contributed by atoms with Crippen molar-refractivity contribution in [2.45, 2.75) is 20.0 Å². The highest BCUT2D eigenvalue weighted by molar-refractivity contribution is 6.31. The van der Waals surface area contributed by atoms with Crippen molar-refractivity contribution in [1.82, 2.24) is 9.80 Å². The molecule has 2 aliphatic heterocycles. The molecule has 2 heterocycles. The van der Waals surface area contributed by atoms with Crippen molar-refractivity contribution in [1.29, 1.82) is 0 Å². The summed E-state index contributed by atoms with van der Waals surface area (Å²) in [6, 6.07) is 21.1. The van der Waals surface area contributed by atoms with Gasteiger partial charge in [0.1, 0.15) is 5.75 Å². The van der Waals surface area contributed by atoms with Gasteiger partial charge in [0.15, 0.2) is 0 Å². The fraction of sp³-hybridized carbons (Fsp3) is 0.286. The summed E-state index contributed by atoms with van der Waals surface area (Å²) in [6.45, 7) is 7.02. The van der Waals surface area contributed by atoms with Crippen molar-refractivity contribution in [3.8, 4) is 5.75 Å². The molecule has 5 rings (SSSR count). The van der Waals surface area contributed by atoms with Gasteiger partial charge in [-0.1, -0.05) is 48.0 Å². The highest BCUT2D eigenvalue weighted by atomic mass is 35.5. The van der Waals surface area contributed by atoms with Crippen LogP contribution in [0.5, 0.6) is 5.75 Å². The molecule has 0 bridgehead atoms. The number of nitrogens with zero attached hydrogens (tertiary/aromatic N) is 3. The first-order valence-electron chi connectivity index (χ1n) is 12.0. The van der Waals surface area contributed by atoms with Crippen molar-refractivity contribution in [3.63, 3.8) is 0 Å². The van der Waals surface area contributed by atoms with Crippen LogP contribution < -0.4 is 9.64 Å². The lowest BCUT2D eigenvalue weighted by Gasteiger charge is -2.36. The lowest BCUT2D eigenvalue weighted by Crippen LogP contribution is -2.46.